The number of hydrogen-bond donors (Lipinski definition) is 1. The quantitative estimate of drug-likeness (QED) is 0.812. The molecular formula is C15H25N3. The van der Waals surface area contributed by atoms with Crippen LogP contribution < -0.4 is 10.6 Å². The Balaban J connectivity index is 2.97. The van der Waals surface area contributed by atoms with Gasteiger partial charge in [-0.25, -0.2) is 0 Å². The molecule has 0 aliphatic rings. The second-order valence-electron chi connectivity index (χ2n) is 5.53. The molecule has 1 atom stereocenters. The number of nitrogens with zero attached hydrogens (tertiary/aromatic N) is 2. The number of anilines is 1. The van der Waals surface area contributed by atoms with E-state index in [1.807, 2.05) is 18.3 Å². The Labute approximate surface area is 111 Å². The van der Waals surface area contributed by atoms with Crippen LogP contribution in [0.25, 0.3) is 0 Å². The Hall–Kier alpha value is -1.35. The number of rotatable bonds is 5. The van der Waals surface area contributed by atoms with Crippen LogP contribution >= 0.6 is 0 Å². The van der Waals surface area contributed by atoms with Crippen LogP contribution in [0.5, 0.6) is 0 Å². The van der Waals surface area contributed by atoms with Crippen molar-refractivity contribution in [2.24, 2.45) is 5.73 Å². The van der Waals surface area contributed by atoms with Gasteiger partial charge in [0.15, 0.2) is 0 Å². The molecule has 0 saturated carbocycles. The fraction of sp³-hybridized carbons (Fsp3) is 0.533. The topological polar surface area (TPSA) is 42.1 Å². The molecule has 1 heterocycles. The van der Waals surface area contributed by atoms with Gasteiger partial charge in [-0.2, -0.15) is 0 Å². The molecule has 0 aliphatic carbocycles. The maximum Gasteiger partial charge on any atom is 0.0572 e. The van der Waals surface area contributed by atoms with E-state index in [1.54, 1.807) is 0 Å². The smallest absolute Gasteiger partial charge is 0.0572 e. The third kappa shape index (κ3) is 3.57. The molecule has 3 nitrogen and oxygen atoms in total. The first-order valence-corrected chi connectivity index (χ1v) is 6.50. The Morgan fingerprint density at radius 3 is 2.50 bits per heavy atom. The molecule has 18 heavy (non-hydrogen) atoms. The zero-order valence-electron chi connectivity index (χ0n) is 12.0. The summed E-state index contributed by atoms with van der Waals surface area (Å²) in [6.07, 6.45) is 4.72. The number of nitrogens with two attached hydrogens (primary N) is 1. The highest BCUT2D eigenvalue weighted by molar-refractivity contribution is 5.47. The lowest BCUT2D eigenvalue weighted by Gasteiger charge is -2.36. The van der Waals surface area contributed by atoms with Crippen molar-refractivity contribution >= 4 is 5.69 Å². The number of hydrogen-bond acceptors (Lipinski definition) is 3. The van der Waals surface area contributed by atoms with Gasteiger partial charge in [0.05, 0.1) is 17.6 Å². The van der Waals surface area contributed by atoms with Crippen LogP contribution in [0.1, 0.15) is 45.9 Å². The number of aromatic nitrogens is 1. The maximum absolute atomic E-state index is 5.97. The normalized spacial score (nSPS) is 13.2. The summed E-state index contributed by atoms with van der Waals surface area (Å²) >= 11 is 0. The third-order valence-electron chi connectivity index (χ3n) is 3.02. The van der Waals surface area contributed by atoms with Gasteiger partial charge in [0.2, 0.25) is 0 Å². The monoisotopic (exact) mass is 247 g/mol. The molecule has 2 N–H and O–H groups in total. The van der Waals surface area contributed by atoms with Crippen LogP contribution in [0.2, 0.25) is 0 Å². The van der Waals surface area contributed by atoms with Crippen molar-refractivity contribution in [1.29, 1.82) is 0 Å². The molecule has 100 valence electrons. The van der Waals surface area contributed by atoms with E-state index < -0.39 is 0 Å². The summed E-state index contributed by atoms with van der Waals surface area (Å²) < 4.78 is 0. The Morgan fingerprint density at radius 2 is 2.11 bits per heavy atom. The van der Waals surface area contributed by atoms with E-state index in [9.17, 15) is 0 Å². The zero-order valence-corrected chi connectivity index (χ0v) is 12.0. The standard InChI is InChI=1S/C15H25N3/c1-6-10-18(15(3,4)5)12-8-9-14(17-11-12)13(16)7-2/h6,8-9,11,13H,1,7,10,16H2,2-5H3/t13-/m0/s1. The molecule has 0 amide bonds. The Kier molecular flexibility index (Phi) is 4.91. The van der Waals surface area contributed by atoms with E-state index in [-0.39, 0.29) is 11.6 Å². The second kappa shape index (κ2) is 6.01. The Morgan fingerprint density at radius 1 is 1.44 bits per heavy atom. The minimum absolute atomic E-state index is 0.0292. The summed E-state index contributed by atoms with van der Waals surface area (Å²) in [5.41, 5.74) is 8.08. The molecule has 0 aliphatic heterocycles. The van der Waals surface area contributed by atoms with E-state index in [4.69, 9.17) is 5.73 Å². The lowest BCUT2D eigenvalue weighted by Crippen LogP contribution is -2.41. The minimum Gasteiger partial charge on any atom is -0.362 e. The summed E-state index contributed by atoms with van der Waals surface area (Å²) in [4.78, 5) is 6.74. The number of pyridine rings is 1. The van der Waals surface area contributed by atoms with Crippen molar-refractivity contribution in [2.75, 3.05) is 11.4 Å². The van der Waals surface area contributed by atoms with E-state index in [2.05, 4.69) is 50.2 Å². The minimum atomic E-state index is 0.0292. The van der Waals surface area contributed by atoms with Crippen LogP contribution in [0.3, 0.4) is 0 Å². The fourth-order valence-electron chi connectivity index (χ4n) is 1.88. The lowest BCUT2D eigenvalue weighted by molar-refractivity contribution is 0.521. The first-order valence-electron chi connectivity index (χ1n) is 6.50. The average Bonchev–Trinajstić information content (AvgIpc) is 2.34. The van der Waals surface area contributed by atoms with Crippen molar-refractivity contribution in [2.45, 2.75) is 45.7 Å². The van der Waals surface area contributed by atoms with E-state index >= 15 is 0 Å². The summed E-state index contributed by atoms with van der Waals surface area (Å²) in [5.74, 6) is 0. The molecule has 0 saturated heterocycles. The van der Waals surface area contributed by atoms with Gasteiger partial charge in [0.25, 0.3) is 0 Å². The molecular weight excluding hydrogens is 222 g/mol. The summed E-state index contributed by atoms with van der Waals surface area (Å²) in [7, 11) is 0. The molecule has 0 unspecified atom stereocenters. The van der Waals surface area contributed by atoms with Crippen LogP contribution in [-0.2, 0) is 0 Å². The van der Waals surface area contributed by atoms with Gasteiger partial charge in [-0.3, -0.25) is 4.98 Å². The maximum atomic E-state index is 5.97. The van der Waals surface area contributed by atoms with Gasteiger partial charge in [-0.15, -0.1) is 6.58 Å². The first kappa shape index (κ1) is 14.7. The molecule has 1 aromatic rings. The summed E-state index contributed by atoms with van der Waals surface area (Å²) in [6, 6.07) is 4.14. The van der Waals surface area contributed by atoms with Crippen LogP contribution in [0.15, 0.2) is 31.0 Å². The fourth-order valence-corrected chi connectivity index (χ4v) is 1.88. The third-order valence-corrected chi connectivity index (χ3v) is 3.02. The lowest BCUT2D eigenvalue weighted by atomic mass is 10.0. The second-order valence-corrected chi connectivity index (χ2v) is 5.53. The van der Waals surface area contributed by atoms with Crippen LogP contribution in [-0.4, -0.2) is 17.1 Å². The molecule has 0 radical (unpaired) electrons. The van der Waals surface area contributed by atoms with Gasteiger partial charge in [-0.05, 0) is 39.3 Å². The average molecular weight is 247 g/mol. The molecule has 0 aromatic carbocycles. The SMILES string of the molecule is C=CCN(c1ccc([C@@H](N)CC)nc1)C(C)(C)C. The van der Waals surface area contributed by atoms with Crippen molar-refractivity contribution in [1.82, 2.24) is 4.98 Å². The van der Waals surface area contributed by atoms with E-state index in [1.165, 1.54) is 0 Å². The van der Waals surface area contributed by atoms with Crippen molar-refractivity contribution < 1.29 is 0 Å². The van der Waals surface area contributed by atoms with Gasteiger partial charge < -0.3 is 10.6 Å². The predicted molar refractivity (Wildman–Crippen MR) is 78.8 cm³/mol. The zero-order chi connectivity index (χ0) is 13.8. The highest BCUT2D eigenvalue weighted by Gasteiger charge is 2.20. The van der Waals surface area contributed by atoms with Gasteiger partial charge in [0, 0.05) is 18.1 Å². The molecule has 0 bridgehead atoms. The first-order chi connectivity index (χ1) is 8.40. The molecule has 1 rings (SSSR count). The van der Waals surface area contributed by atoms with Crippen molar-refractivity contribution in [3.8, 4) is 0 Å². The molecule has 3 heteroatoms. The van der Waals surface area contributed by atoms with Crippen molar-refractivity contribution in [3.05, 3.63) is 36.7 Å². The van der Waals surface area contributed by atoms with Gasteiger partial charge in [-0.1, -0.05) is 13.0 Å². The molecule has 0 spiro atoms. The van der Waals surface area contributed by atoms with Crippen molar-refractivity contribution in [3.63, 3.8) is 0 Å². The highest BCUT2D eigenvalue weighted by Crippen LogP contribution is 2.24. The van der Waals surface area contributed by atoms with Crippen LogP contribution in [0.4, 0.5) is 5.69 Å². The molecule has 0 fully saturated rings. The van der Waals surface area contributed by atoms with Gasteiger partial charge in [0.1, 0.15) is 0 Å². The Bertz CT molecular complexity index is 376. The summed E-state index contributed by atoms with van der Waals surface area (Å²) in [5, 5.41) is 0. The highest BCUT2D eigenvalue weighted by atomic mass is 15.2. The largest absolute Gasteiger partial charge is 0.362 e. The van der Waals surface area contributed by atoms with Gasteiger partial charge >= 0.3 is 0 Å². The predicted octanol–water partition coefficient (Wildman–Crippen LogP) is 3.28. The summed E-state index contributed by atoms with van der Waals surface area (Å²) in [6.45, 7) is 13.2. The molecule has 1 aromatic heterocycles. The van der Waals surface area contributed by atoms with E-state index in [0.29, 0.717) is 0 Å². The van der Waals surface area contributed by atoms with Crippen LogP contribution in [0, 0.1) is 0 Å². The van der Waals surface area contributed by atoms with E-state index in [0.717, 1.165) is 24.3 Å².